The van der Waals surface area contributed by atoms with E-state index in [1.54, 1.807) is 32.4 Å². The number of hydrogen-bond acceptors (Lipinski definition) is 4. The van der Waals surface area contributed by atoms with Gasteiger partial charge >= 0.3 is 0 Å². The van der Waals surface area contributed by atoms with Crippen LogP contribution >= 0.6 is 0 Å². The Morgan fingerprint density at radius 1 is 1.16 bits per heavy atom. The molecule has 1 saturated heterocycles. The number of piperidine rings is 1. The van der Waals surface area contributed by atoms with Crippen molar-refractivity contribution >= 4 is 5.91 Å². The summed E-state index contributed by atoms with van der Waals surface area (Å²) in [7, 11) is 3.18. The summed E-state index contributed by atoms with van der Waals surface area (Å²) < 4.78 is 12.7. The lowest BCUT2D eigenvalue weighted by molar-refractivity contribution is 0.0682. The molecule has 1 fully saturated rings. The molecule has 0 aliphatic carbocycles. The van der Waals surface area contributed by atoms with E-state index in [4.69, 9.17) is 9.47 Å². The van der Waals surface area contributed by atoms with E-state index in [2.05, 4.69) is 9.55 Å². The maximum absolute atomic E-state index is 12.8. The number of carbonyl (C=O) groups excluding carboxylic acids is 1. The van der Waals surface area contributed by atoms with Gasteiger partial charge in [0.25, 0.3) is 5.91 Å². The van der Waals surface area contributed by atoms with Crippen molar-refractivity contribution < 1.29 is 14.3 Å². The maximum Gasteiger partial charge on any atom is 0.254 e. The van der Waals surface area contributed by atoms with Gasteiger partial charge in [0.05, 0.1) is 14.2 Å². The van der Waals surface area contributed by atoms with Crippen LogP contribution in [0.3, 0.4) is 0 Å². The van der Waals surface area contributed by atoms with Gasteiger partial charge in [-0.25, -0.2) is 4.98 Å². The Bertz CT molecular complexity index is 711. The van der Waals surface area contributed by atoms with Crippen LogP contribution in [0.5, 0.6) is 11.5 Å². The minimum absolute atomic E-state index is 0.0365. The van der Waals surface area contributed by atoms with Crippen LogP contribution in [0, 0.1) is 12.8 Å². The van der Waals surface area contributed by atoms with Crippen molar-refractivity contribution in [1.82, 2.24) is 14.5 Å². The highest BCUT2D eigenvalue weighted by atomic mass is 16.5. The second kappa shape index (κ2) is 7.59. The number of aromatic nitrogens is 2. The molecule has 0 atom stereocenters. The topological polar surface area (TPSA) is 56.6 Å². The zero-order valence-electron chi connectivity index (χ0n) is 15.1. The second-order valence-corrected chi connectivity index (χ2v) is 6.46. The molecular weight excluding hydrogens is 318 g/mol. The number of methoxy groups -OCH3 is 2. The summed E-state index contributed by atoms with van der Waals surface area (Å²) in [6.45, 7) is 4.54. The van der Waals surface area contributed by atoms with Gasteiger partial charge in [0.2, 0.25) is 0 Å². The second-order valence-electron chi connectivity index (χ2n) is 6.46. The van der Waals surface area contributed by atoms with Crippen LogP contribution < -0.4 is 9.47 Å². The molecule has 2 heterocycles. The minimum atomic E-state index is 0.0365. The minimum Gasteiger partial charge on any atom is -0.497 e. The molecular formula is C19H25N3O3. The number of ether oxygens (including phenoxy) is 2. The number of likely N-dealkylation sites (tertiary alicyclic amines) is 1. The lowest BCUT2D eigenvalue weighted by atomic mass is 9.96. The number of amides is 1. The summed E-state index contributed by atoms with van der Waals surface area (Å²) in [5.41, 5.74) is 0.611. The third-order valence-electron chi connectivity index (χ3n) is 4.88. The van der Waals surface area contributed by atoms with Crippen LogP contribution in [-0.4, -0.2) is 47.7 Å². The molecule has 0 saturated carbocycles. The number of imidazole rings is 1. The van der Waals surface area contributed by atoms with Gasteiger partial charge in [0.15, 0.2) is 0 Å². The largest absolute Gasteiger partial charge is 0.497 e. The smallest absolute Gasteiger partial charge is 0.254 e. The van der Waals surface area contributed by atoms with Gasteiger partial charge in [-0.15, -0.1) is 0 Å². The van der Waals surface area contributed by atoms with E-state index in [-0.39, 0.29) is 5.91 Å². The molecule has 6 heteroatoms. The highest BCUT2D eigenvalue weighted by molar-refractivity contribution is 5.95. The fourth-order valence-corrected chi connectivity index (χ4v) is 3.31. The van der Waals surface area contributed by atoms with Gasteiger partial charge in [0, 0.05) is 43.7 Å². The Labute approximate surface area is 148 Å². The van der Waals surface area contributed by atoms with Crippen molar-refractivity contribution in [1.29, 1.82) is 0 Å². The summed E-state index contributed by atoms with van der Waals surface area (Å²) in [6, 6.07) is 5.31. The van der Waals surface area contributed by atoms with E-state index in [0.29, 0.717) is 23.0 Å². The van der Waals surface area contributed by atoms with Crippen LogP contribution in [0.25, 0.3) is 0 Å². The molecule has 0 spiro atoms. The van der Waals surface area contributed by atoms with Crippen LogP contribution in [0.15, 0.2) is 30.6 Å². The normalized spacial score (nSPS) is 15.2. The van der Waals surface area contributed by atoms with Gasteiger partial charge in [-0.3, -0.25) is 4.79 Å². The monoisotopic (exact) mass is 343 g/mol. The number of carbonyl (C=O) groups is 1. The average molecular weight is 343 g/mol. The first kappa shape index (κ1) is 17.3. The molecule has 1 aromatic heterocycles. The molecule has 0 unspecified atom stereocenters. The Hall–Kier alpha value is -2.50. The highest BCUT2D eigenvalue weighted by Crippen LogP contribution is 2.26. The van der Waals surface area contributed by atoms with Crippen molar-refractivity contribution in [2.24, 2.45) is 5.92 Å². The number of nitrogens with zero attached hydrogens (tertiary/aromatic N) is 3. The van der Waals surface area contributed by atoms with E-state index in [1.165, 1.54) is 0 Å². The number of rotatable bonds is 5. The lowest BCUT2D eigenvalue weighted by Crippen LogP contribution is -2.39. The van der Waals surface area contributed by atoms with Crippen molar-refractivity contribution in [2.45, 2.75) is 26.3 Å². The summed E-state index contributed by atoms with van der Waals surface area (Å²) in [5.74, 6) is 2.93. The molecule has 134 valence electrons. The fourth-order valence-electron chi connectivity index (χ4n) is 3.31. The lowest BCUT2D eigenvalue weighted by Gasteiger charge is -2.32. The van der Waals surface area contributed by atoms with Gasteiger partial charge in [0.1, 0.15) is 17.3 Å². The third-order valence-corrected chi connectivity index (χ3v) is 4.88. The molecule has 0 bridgehead atoms. The molecule has 0 radical (unpaired) electrons. The molecule has 6 nitrogen and oxygen atoms in total. The quantitative estimate of drug-likeness (QED) is 0.838. The van der Waals surface area contributed by atoms with E-state index in [0.717, 1.165) is 38.3 Å². The van der Waals surface area contributed by atoms with Gasteiger partial charge < -0.3 is 18.9 Å². The molecule has 2 aromatic rings. The third kappa shape index (κ3) is 3.95. The van der Waals surface area contributed by atoms with Crippen LogP contribution in [0.1, 0.15) is 29.0 Å². The Balaban J connectivity index is 1.62. The van der Waals surface area contributed by atoms with Crippen LogP contribution in [0.4, 0.5) is 0 Å². The van der Waals surface area contributed by atoms with E-state index >= 15 is 0 Å². The van der Waals surface area contributed by atoms with E-state index in [1.807, 2.05) is 24.2 Å². The van der Waals surface area contributed by atoms with E-state index < -0.39 is 0 Å². The molecule has 1 aliphatic rings. The average Bonchev–Trinajstić information content (AvgIpc) is 3.06. The first-order valence-electron chi connectivity index (χ1n) is 8.60. The standard InChI is InChI=1S/C19H25N3O3/c1-14-20-6-9-22(14)13-15-4-7-21(8-5-15)19(23)16-10-17(24-2)12-18(11-16)25-3/h6,9-12,15H,4-5,7-8,13H2,1-3H3. The highest BCUT2D eigenvalue weighted by Gasteiger charge is 2.24. The van der Waals surface area contributed by atoms with Gasteiger partial charge in [-0.1, -0.05) is 0 Å². The zero-order chi connectivity index (χ0) is 17.8. The predicted octanol–water partition coefficient (Wildman–Crippen LogP) is 2.76. The summed E-state index contributed by atoms with van der Waals surface area (Å²) in [4.78, 5) is 19.0. The molecule has 0 N–H and O–H groups in total. The van der Waals surface area contributed by atoms with Crippen molar-refractivity contribution in [2.75, 3.05) is 27.3 Å². The van der Waals surface area contributed by atoms with Crippen LogP contribution in [-0.2, 0) is 6.54 Å². The fraction of sp³-hybridized carbons (Fsp3) is 0.474. The van der Waals surface area contributed by atoms with E-state index in [9.17, 15) is 4.79 Å². The SMILES string of the molecule is COc1cc(OC)cc(C(=O)N2CCC(Cn3ccnc3C)CC2)c1. The van der Waals surface area contributed by atoms with Gasteiger partial charge in [-0.2, -0.15) is 0 Å². The van der Waals surface area contributed by atoms with Crippen molar-refractivity contribution in [3.05, 3.63) is 42.0 Å². The Kier molecular flexibility index (Phi) is 5.26. The maximum atomic E-state index is 12.8. The van der Waals surface area contributed by atoms with Gasteiger partial charge in [-0.05, 0) is 37.8 Å². The van der Waals surface area contributed by atoms with Crippen molar-refractivity contribution in [3.8, 4) is 11.5 Å². The van der Waals surface area contributed by atoms with Crippen LogP contribution in [0.2, 0.25) is 0 Å². The molecule has 3 rings (SSSR count). The zero-order valence-corrected chi connectivity index (χ0v) is 15.1. The summed E-state index contributed by atoms with van der Waals surface area (Å²) in [6.07, 6.45) is 5.87. The van der Waals surface area contributed by atoms with Crippen molar-refractivity contribution in [3.63, 3.8) is 0 Å². The molecule has 1 aromatic carbocycles. The summed E-state index contributed by atoms with van der Waals surface area (Å²) in [5, 5.41) is 0. The molecule has 1 aliphatic heterocycles. The Morgan fingerprint density at radius 2 is 1.80 bits per heavy atom. The first-order chi connectivity index (χ1) is 12.1. The number of aryl methyl sites for hydroxylation is 1. The summed E-state index contributed by atoms with van der Waals surface area (Å²) >= 11 is 0. The first-order valence-corrected chi connectivity index (χ1v) is 8.60. The number of hydrogen-bond donors (Lipinski definition) is 0. The molecule has 25 heavy (non-hydrogen) atoms. The molecule has 1 amide bonds. The number of benzene rings is 1. The predicted molar refractivity (Wildman–Crippen MR) is 95.1 cm³/mol. The Morgan fingerprint density at radius 3 is 2.32 bits per heavy atom.